The summed E-state index contributed by atoms with van der Waals surface area (Å²) in [5, 5.41) is 12.2. The summed E-state index contributed by atoms with van der Waals surface area (Å²) >= 11 is 0. The third-order valence-electron chi connectivity index (χ3n) is 2.25. The van der Waals surface area contributed by atoms with Crippen LogP contribution in [0.4, 0.5) is 0 Å². The minimum atomic E-state index is -3.56. The summed E-state index contributed by atoms with van der Waals surface area (Å²) in [5.74, 6) is -2.09. The zero-order valence-corrected chi connectivity index (χ0v) is 10.3. The summed E-state index contributed by atoms with van der Waals surface area (Å²) in [6.45, 7) is 1.37. The number of sulfonamides is 1. The molecule has 0 saturated carbocycles. The van der Waals surface area contributed by atoms with Crippen molar-refractivity contribution >= 4 is 16.0 Å². The molecule has 1 aromatic heterocycles. The lowest BCUT2D eigenvalue weighted by atomic mass is 10.2. The van der Waals surface area contributed by atoms with Crippen molar-refractivity contribution in [2.24, 2.45) is 5.92 Å². The number of nitrogens with zero attached hydrogens (tertiary/aromatic N) is 2. The van der Waals surface area contributed by atoms with E-state index in [0.29, 0.717) is 5.69 Å². The minimum absolute atomic E-state index is 0.0739. The van der Waals surface area contributed by atoms with Crippen LogP contribution in [-0.2, 0) is 20.6 Å². The third-order valence-corrected chi connectivity index (χ3v) is 4.01. The average molecular weight is 262 g/mol. The standard InChI is InChI=1S/C9H14N2O5S/c1-7(9(12)13)5-11(2)17(14,15)6-8-3-4-16-10-8/h3-4,7H,5-6H2,1-2H3,(H,12,13). The van der Waals surface area contributed by atoms with Crippen molar-refractivity contribution in [2.75, 3.05) is 13.6 Å². The van der Waals surface area contributed by atoms with Crippen LogP contribution in [0.3, 0.4) is 0 Å². The molecule has 8 heteroatoms. The minimum Gasteiger partial charge on any atom is -0.481 e. The van der Waals surface area contributed by atoms with Crippen LogP contribution in [0, 0.1) is 5.92 Å². The highest BCUT2D eigenvalue weighted by Gasteiger charge is 2.24. The Morgan fingerprint density at radius 1 is 1.65 bits per heavy atom. The second-order valence-corrected chi connectivity index (χ2v) is 5.84. The SMILES string of the molecule is CC(CN(C)S(=O)(=O)Cc1ccon1)C(=O)O. The van der Waals surface area contributed by atoms with Crippen LogP contribution >= 0.6 is 0 Å². The van der Waals surface area contributed by atoms with Gasteiger partial charge in [-0.05, 0) is 0 Å². The zero-order chi connectivity index (χ0) is 13.1. The van der Waals surface area contributed by atoms with E-state index in [2.05, 4.69) is 9.68 Å². The molecule has 1 N–H and O–H groups in total. The van der Waals surface area contributed by atoms with Crippen LogP contribution in [0.2, 0.25) is 0 Å². The molecule has 96 valence electrons. The number of aromatic nitrogens is 1. The molecule has 0 bridgehead atoms. The van der Waals surface area contributed by atoms with Crippen LogP contribution < -0.4 is 0 Å². The molecule has 1 unspecified atom stereocenters. The first-order valence-corrected chi connectivity index (χ1v) is 6.50. The number of carbonyl (C=O) groups is 1. The van der Waals surface area contributed by atoms with Gasteiger partial charge in [-0.25, -0.2) is 12.7 Å². The number of hydrogen-bond acceptors (Lipinski definition) is 5. The Morgan fingerprint density at radius 2 is 2.29 bits per heavy atom. The fourth-order valence-electron chi connectivity index (χ4n) is 1.19. The molecule has 1 atom stereocenters. The van der Waals surface area contributed by atoms with Gasteiger partial charge in [0, 0.05) is 19.7 Å². The molecule has 0 aliphatic carbocycles. The first kappa shape index (κ1) is 13.7. The molecule has 0 aromatic carbocycles. The van der Waals surface area contributed by atoms with E-state index in [1.807, 2.05) is 0 Å². The number of carboxylic acids is 1. The Labute approximate surface area is 99.1 Å². The smallest absolute Gasteiger partial charge is 0.307 e. The zero-order valence-electron chi connectivity index (χ0n) is 9.53. The van der Waals surface area contributed by atoms with E-state index >= 15 is 0 Å². The molecule has 17 heavy (non-hydrogen) atoms. The highest BCUT2D eigenvalue weighted by Crippen LogP contribution is 2.09. The molecular weight excluding hydrogens is 248 g/mol. The van der Waals surface area contributed by atoms with Crippen LogP contribution in [0.5, 0.6) is 0 Å². The van der Waals surface area contributed by atoms with Crippen molar-refractivity contribution in [1.29, 1.82) is 0 Å². The highest BCUT2D eigenvalue weighted by molar-refractivity contribution is 7.88. The molecule has 7 nitrogen and oxygen atoms in total. The van der Waals surface area contributed by atoms with Crippen molar-refractivity contribution in [3.8, 4) is 0 Å². The number of aliphatic carboxylic acids is 1. The lowest BCUT2D eigenvalue weighted by Crippen LogP contribution is -2.34. The van der Waals surface area contributed by atoms with Gasteiger partial charge in [0.05, 0.1) is 11.6 Å². The summed E-state index contributed by atoms with van der Waals surface area (Å²) in [7, 11) is -2.22. The van der Waals surface area contributed by atoms with Gasteiger partial charge in [0.25, 0.3) is 0 Å². The molecule has 0 fully saturated rings. The molecule has 0 aliphatic rings. The largest absolute Gasteiger partial charge is 0.481 e. The fraction of sp³-hybridized carbons (Fsp3) is 0.556. The van der Waals surface area contributed by atoms with Crippen LogP contribution in [0.25, 0.3) is 0 Å². The topological polar surface area (TPSA) is 101 Å². The van der Waals surface area contributed by atoms with Gasteiger partial charge in [0.1, 0.15) is 12.0 Å². The molecule has 0 amide bonds. The Morgan fingerprint density at radius 3 is 2.76 bits per heavy atom. The fourth-order valence-corrected chi connectivity index (χ4v) is 2.38. The summed E-state index contributed by atoms with van der Waals surface area (Å²) in [6.07, 6.45) is 1.28. The highest BCUT2D eigenvalue weighted by atomic mass is 32.2. The summed E-state index contributed by atoms with van der Waals surface area (Å²) in [4.78, 5) is 10.6. The Bertz CT molecular complexity index is 468. The number of carboxylic acid groups (broad SMARTS) is 1. The Balaban J connectivity index is 2.67. The Kier molecular flexibility index (Phi) is 4.24. The lowest BCUT2D eigenvalue weighted by molar-refractivity contribution is -0.141. The predicted molar refractivity (Wildman–Crippen MR) is 58.6 cm³/mol. The molecule has 1 heterocycles. The van der Waals surface area contributed by atoms with Crippen molar-refractivity contribution in [3.63, 3.8) is 0 Å². The molecule has 1 aromatic rings. The van der Waals surface area contributed by atoms with Gasteiger partial charge in [-0.15, -0.1) is 0 Å². The van der Waals surface area contributed by atoms with Crippen LogP contribution in [0.15, 0.2) is 16.9 Å². The van der Waals surface area contributed by atoms with Crippen molar-refractivity contribution in [3.05, 3.63) is 18.0 Å². The normalized spacial score (nSPS) is 13.8. The Hall–Kier alpha value is -1.41. The molecule has 0 aliphatic heterocycles. The van der Waals surface area contributed by atoms with Gasteiger partial charge in [0.2, 0.25) is 10.0 Å². The van der Waals surface area contributed by atoms with E-state index in [1.165, 1.54) is 26.3 Å². The van der Waals surface area contributed by atoms with Crippen molar-refractivity contribution < 1.29 is 22.8 Å². The monoisotopic (exact) mass is 262 g/mol. The molecule has 0 radical (unpaired) electrons. The maximum Gasteiger partial charge on any atom is 0.307 e. The quantitative estimate of drug-likeness (QED) is 0.783. The molecular formula is C9H14N2O5S. The molecule has 0 spiro atoms. The maximum atomic E-state index is 11.8. The first-order valence-electron chi connectivity index (χ1n) is 4.89. The number of hydrogen-bond donors (Lipinski definition) is 1. The van der Waals surface area contributed by atoms with Gasteiger partial charge in [0.15, 0.2) is 0 Å². The van der Waals surface area contributed by atoms with E-state index in [1.54, 1.807) is 0 Å². The third kappa shape index (κ3) is 3.82. The van der Waals surface area contributed by atoms with Gasteiger partial charge in [-0.3, -0.25) is 4.79 Å². The average Bonchev–Trinajstić information content (AvgIpc) is 2.69. The number of rotatable bonds is 6. The molecule has 0 saturated heterocycles. The van der Waals surface area contributed by atoms with Crippen LogP contribution in [0.1, 0.15) is 12.6 Å². The van der Waals surface area contributed by atoms with Crippen LogP contribution in [-0.4, -0.2) is 42.5 Å². The van der Waals surface area contributed by atoms with Crippen molar-refractivity contribution in [1.82, 2.24) is 9.46 Å². The van der Waals surface area contributed by atoms with E-state index in [0.717, 1.165) is 4.31 Å². The van der Waals surface area contributed by atoms with Gasteiger partial charge in [-0.1, -0.05) is 12.1 Å². The van der Waals surface area contributed by atoms with Gasteiger partial charge >= 0.3 is 5.97 Å². The molecule has 1 rings (SSSR count). The second-order valence-electron chi connectivity index (χ2n) is 3.77. The van der Waals surface area contributed by atoms with Crippen molar-refractivity contribution in [2.45, 2.75) is 12.7 Å². The summed E-state index contributed by atoms with van der Waals surface area (Å²) in [6, 6.07) is 1.45. The van der Waals surface area contributed by atoms with Gasteiger partial charge in [-0.2, -0.15) is 0 Å². The first-order chi connectivity index (χ1) is 7.83. The van der Waals surface area contributed by atoms with Gasteiger partial charge < -0.3 is 9.63 Å². The predicted octanol–water partition coefficient (Wildman–Crippen LogP) is 0.157. The second kappa shape index (κ2) is 5.28. The summed E-state index contributed by atoms with van der Waals surface area (Å²) < 4.78 is 29.2. The summed E-state index contributed by atoms with van der Waals surface area (Å²) in [5.41, 5.74) is 0.292. The van der Waals surface area contributed by atoms with E-state index in [9.17, 15) is 13.2 Å². The van der Waals surface area contributed by atoms with E-state index in [-0.39, 0.29) is 12.3 Å². The maximum absolute atomic E-state index is 11.8. The van der Waals surface area contributed by atoms with E-state index < -0.39 is 21.9 Å². The lowest BCUT2D eigenvalue weighted by Gasteiger charge is -2.18. The van der Waals surface area contributed by atoms with E-state index in [4.69, 9.17) is 5.11 Å².